The smallest absolute Gasteiger partial charge is 0.318 e. The lowest BCUT2D eigenvalue weighted by Gasteiger charge is -2.48. The number of carbonyl (C=O) groups excluding carboxylic acids is 3. The molecule has 3 rings (SSSR count). The molecule has 0 amide bonds. The van der Waals surface area contributed by atoms with Crippen LogP contribution < -0.4 is 0 Å². The Labute approximate surface area is 147 Å². The number of esters is 2. The number of ketones is 1. The van der Waals surface area contributed by atoms with Gasteiger partial charge in [0.1, 0.15) is 18.3 Å². The lowest BCUT2D eigenvalue weighted by Crippen LogP contribution is -2.60. The minimum absolute atomic E-state index is 0.0199. The van der Waals surface area contributed by atoms with Gasteiger partial charge in [-0.25, -0.2) is 0 Å². The third-order valence-electron chi connectivity index (χ3n) is 5.36. The van der Waals surface area contributed by atoms with Crippen molar-refractivity contribution >= 4 is 17.7 Å². The Morgan fingerprint density at radius 2 is 1.88 bits per heavy atom. The maximum atomic E-state index is 12.6. The van der Waals surface area contributed by atoms with Gasteiger partial charge in [0.05, 0.1) is 13.0 Å². The first-order valence-electron chi connectivity index (χ1n) is 8.54. The van der Waals surface area contributed by atoms with E-state index in [0.29, 0.717) is 12.8 Å². The Hall–Kier alpha value is -2.21. The molecule has 1 aromatic rings. The van der Waals surface area contributed by atoms with E-state index in [4.69, 9.17) is 9.47 Å². The van der Waals surface area contributed by atoms with Crippen LogP contribution in [0, 0.1) is 11.8 Å². The van der Waals surface area contributed by atoms with Crippen molar-refractivity contribution in [1.29, 1.82) is 0 Å². The van der Waals surface area contributed by atoms with Crippen LogP contribution in [0.1, 0.15) is 24.8 Å². The molecule has 0 spiro atoms. The Kier molecular flexibility index (Phi) is 5.18. The summed E-state index contributed by atoms with van der Waals surface area (Å²) in [5.74, 6) is -1.97. The van der Waals surface area contributed by atoms with Gasteiger partial charge >= 0.3 is 11.9 Å². The second-order valence-electron chi connectivity index (χ2n) is 6.82. The molecule has 0 N–H and O–H groups in total. The summed E-state index contributed by atoms with van der Waals surface area (Å²) in [7, 11) is 3.28. The first kappa shape index (κ1) is 17.6. The van der Waals surface area contributed by atoms with Gasteiger partial charge in [0.25, 0.3) is 0 Å². The number of Topliss-reactive ketones (excluding diaryl/α,β-unsaturated/α-hetero) is 1. The summed E-state index contributed by atoms with van der Waals surface area (Å²) in [4.78, 5) is 39.1. The average molecular weight is 345 g/mol. The van der Waals surface area contributed by atoms with Gasteiger partial charge in [-0.05, 0) is 25.5 Å². The van der Waals surface area contributed by atoms with E-state index in [2.05, 4.69) is 4.90 Å². The number of carbonyl (C=O) groups is 3. The number of ether oxygens (including phenoxy) is 2. The van der Waals surface area contributed by atoms with E-state index in [1.807, 2.05) is 37.4 Å². The SMILES string of the molecule is COC(=O)[C@@H]1C[C@H]2CC(=O)C(C(=O)OCc3ccccc3)[C@@H](C1)N2C. The molecule has 2 bridgehead atoms. The van der Waals surface area contributed by atoms with Crippen LogP contribution in [0.2, 0.25) is 0 Å². The molecule has 0 aliphatic carbocycles. The number of benzene rings is 1. The van der Waals surface area contributed by atoms with E-state index in [0.717, 1.165) is 5.56 Å². The highest BCUT2D eigenvalue weighted by molar-refractivity contribution is 6.01. The van der Waals surface area contributed by atoms with E-state index in [1.165, 1.54) is 7.11 Å². The van der Waals surface area contributed by atoms with Crippen molar-refractivity contribution in [2.24, 2.45) is 11.8 Å². The summed E-state index contributed by atoms with van der Waals surface area (Å²) in [6.45, 7) is 0.143. The molecule has 1 unspecified atom stereocenters. The monoisotopic (exact) mass is 345 g/mol. The van der Waals surface area contributed by atoms with E-state index in [9.17, 15) is 14.4 Å². The van der Waals surface area contributed by atoms with Gasteiger partial charge in [0, 0.05) is 18.5 Å². The number of hydrogen-bond donors (Lipinski definition) is 0. The Bertz CT molecular complexity index is 659. The van der Waals surface area contributed by atoms with Crippen molar-refractivity contribution in [2.45, 2.75) is 38.0 Å². The van der Waals surface area contributed by atoms with Crippen LogP contribution in [-0.4, -0.2) is 48.9 Å². The maximum Gasteiger partial charge on any atom is 0.318 e. The van der Waals surface area contributed by atoms with Gasteiger partial charge in [0.2, 0.25) is 0 Å². The van der Waals surface area contributed by atoms with E-state index in [-0.39, 0.29) is 42.8 Å². The fraction of sp³-hybridized carbons (Fsp3) is 0.526. The van der Waals surface area contributed by atoms with Crippen molar-refractivity contribution in [1.82, 2.24) is 4.90 Å². The molecular weight excluding hydrogens is 322 g/mol. The highest BCUT2D eigenvalue weighted by Crippen LogP contribution is 2.38. The minimum atomic E-state index is -0.836. The predicted molar refractivity (Wildman–Crippen MR) is 89.4 cm³/mol. The third-order valence-corrected chi connectivity index (χ3v) is 5.36. The Balaban J connectivity index is 1.71. The number of methoxy groups -OCH3 is 1. The summed E-state index contributed by atoms with van der Waals surface area (Å²) in [5.41, 5.74) is 0.876. The van der Waals surface area contributed by atoms with Crippen LogP contribution in [-0.2, 0) is 30.5 Å². The number of hydrogen-bond acceptors (Lipinski definition) is 6. The summed E-state index contributed by atoms with van der Waals surface area (Å²) in [5, 5.41) is 0. The number of nitrogens with zero attached hydrogens (tertiary/aromatic N) is 1. The number of fused-ring (bicyclic) bond motifs is 2. The molecular formula is C19H23NO5. The molecule has 4 atom stereocenters. The first-order valence-corrected chi connectivity index (χ1v) is 8.54. The summed E-state index contributed by atoms with van der Waals surface area (Å²) < 4.78 is 10.3. The normalized spacial score (nSPS) is 29.1. The van der Waals surface area contributed by atoms with Gasteiger partial charge in [-0.3, -0.25) is 19.3 Å². The fourth-order valence-electron chi connectivity index (χ4n) is 3.96. The summed E-state index contributed by atoms with van der Waals surface area (Å²) in [6, 6.07) is 9.03. The van der Waals surface area contributed by atoms with Gasteiger partial charge in [0.15, 0.2) is 0 Å². The maximum absolute atomic E-state index is 12.6. The molecule has 2 aliphatic rings. The van der Waals surface area contributed by atoms with Crippen LogP contribution in [0.3, 0.4) is 0 Å². The molecule has 0 saturated carbocycles. The van der Waals surface area contributed by atoms with Crippen molar-refractivity contribution in [3.63, 3.8) is 0 Å². The van der Waals surface area contributed by atoms with Crippen molar-refractivity contribution < 1.29 is 23.9 Å². The van der Waals surface area contributed by atoms with E-state index < -0.39 is 11.9 Å². The van der Waals surface area contributed by atoms with Crippen molar-refractivity contribution in [3.05, 3.63) is 35.9 Å². The summed E-state index contributed by atoms with van der Waals surface area (Å²) in [6.07, 6.45) is 1.30. The zero-order valence-corrected chi connectivity index (χ0v) is 14.5. The zero-order chi connectivity index (χ0) is 18.0. The van der Waals surface area contributed by atoms with Gasteiger partial charge in [-0.1, -0.05) is 30.3 Å². The highest BCUT2D eigenvalue weighted by atomic mass is 16.5. The molecule has 2 aliphatic heterocycles. The Morgan fingerprint density at radius 3 is 2.56 bits per heavy atom. The molecule has 1 aromatic carbocycles. The first-order chi connectivity index (χ1) is 12.0. The van der Waals surface area contributed by atoms with E-state index in [1.54, 1.807) is 0 Å². The zero-order valence-electron chi connectivity index (χ0n) is 14.5. The van der Waals surface area contributed by atoms with Gasteiger partial charge in [-0.15, -0.1) is 0 Å². The minimum Gasteiger partial charge on any atom is -0.469 e. The third kappa shape index (κ3) is 3.58. The second-order valence-corrected chi connectivity index (χ2v) is 6.82. The van der Waals surface area contributed by atoms with Gasteiger partial charge in [-0.2, -0.15) is 0 Å². The molecule has 2 heterocycles. The molecule has 0 radical (unpaired) electrons. The summed E-state index contributed by atoms with van der Waals surface area (Å²) >= 11 is 0. The Morgan fingerprint density at radius 1 is 1.16 bits per heavy atom. The fourth-order valence-corrected chi connectivity index (χ4v) is 3.96. The molecule has 134 valence electrons. The van der Waals surface area contributed by atoms with Crippen LogP contribution in [0.15, 0.2) is 30.3 Å². The second kappa shape index (κ2) is 7.35. The largest absolute Gasteiger partial charge is 0.469 e. The van der Waals surface area contributed by atoms with E-state index >= 15 is 0 Å². The average Bonchev–Trinajstić information content (AvgIpc) is 2.61. The number of rotatable bonds is 4. The predicted octanol–water partition coefficient (Wildman–Crippen LogP) is 1.57. The molecule has 25 heavy (non-hydrogen) atoms. The van der Waals surface area contributed by atoms with Crippen molar-refractivity contribution in [2.75, 3.05) is 14.2 Å². The van der Waals surface area contributed by atoms with Crippen molar-refractivity contribution in [3.8, 4) is 0 Å². The topological polar surface area (TPSA) is 72.9 Å². The quantitative estimate of drug-likeness (QED) is 0.609. The van der Waals surface area contributed by atoms with Crippen LogP contribution in [0.25, 0.3) is 0 Å². The molecule has 2 saturated heterocycles. The highest BCUT2D eigenvalue weighted by Gasteiger charge is 2.50. The van der Waals surface area contributed by atoms with Gasteiger partial charge < -0.3 is 9.47 Å². The molecule has 0 aromatic heterocycles. The lowest BCUT2D eigenvalue weighted by molar-refractivity contribution is -0.165. The molecule has 6 nitrogen and oxygen atoms in total. The standard InChI is InChI=1S/C19H23NO5/c1-20-14-8-13(18(22)24-2)9-15(20)17(16(21)10-14)19(23)25-11-12-6-4-3-5-7-12/h3-7,13-15,17H,8-11H2,1-2H3/t13-,14+,15-,17?/m1/s1. The van der Waals surface area contributed by atoms with Crippen LogP contribution >= 0.6 is 0 Å². The van der Waals surface area contributed by atoms with Crippen LogP contribution in [0.5, 0.6) is 0 Å². The molecule has 6 heteroatoms. The van der Waals surface area contributed by atoms with Crippen LogP contribution in [0.4, 0.5) is 0 Å². The lowest BCUT2D eigenvalue weighted by atomic mass is 9.73. The molecule has 2 fully saturated rings. The number of piperidine rings is 2.